The van der Waals surface area contributed by atoms with Gasteiger partial charge >= 0.3 is 0 Å². The summed E-state index contributed by atoms with van der Waals surface area (Å²) in [5, 5.41) is 3.41. The van der Waals surface area contributed by atoms with E-state index in [1.54, 1.807) is 0 Å². The van der Waals surface area contributed by atoms with Gasteiger partial charge in [0.1, 0.15) is 0 Å². The zero-order valence-corrected chi connectivity index (χ0v) is 12.2. The summed E-state index contributed by atoms with van der Waals surface area (Å²) in [7, 11) is 2.09. The van der Waals surface area contributed by atoms with E-state index in [9.17, 15) is 0 Å². The van der Waals surface area contributed by atoms with E-state index in [4.69, 9.17) is 4.74 Å². The van der Waals surface area contributed by atoms with Gasteiger partial charge in [-0.1, -0.05) is 6.92 Å². The molecule has 0 radical (unpaired) electrons. The van der Waals surface area contributed by atoms with E-state index in [0.717, 1.165) is 25.7 Å². The highest BCUT2D eigenvalue weighted by molar-refractivity contribution is 4.88. The maximum absolute atomic E-state index is 5.56. The van der Waals surface area contributed by atoms with Crippen molar-refractivity contribution in [2.24, 2.45) is 11.3 Å². The lowest BCUT2D eigenvalue weighted by atomic mass is 9.79. The molecule has 0 aromatic rings. The molecule has 1 saturated heterocycles. The van der Waals surface area contributed by atoms with E-state index in [1.807, 2.05) is 0 Å². The Labute approximate surface area is 112 Å². The highest BCUT2D eigenvalue weighted by Gasteiger charge is 2.35. The summed E-state index contributed by atoms with van der Waals surface area (Å²) in [5.41, 5.74) is 0.455. The molecule has 0 atom stereocenters. The van der Waals surface area contributed by atoms with Crippen molar-refractivity contribution >= 4 is 0 Å². The third kappa shape index (κ3) is 4.22. The monoisotopic (exact) mass is 254 g/mol. The van der Waals surface area contributed by atoms with E-state index in [-0.39, 0.29) is 0 Å². The van der Waals surface area contributed by atoms with E-state index >= 15 is 0 Å². The molecule has 106 valence electrons. The van der Waals surface area contributed by atoms with Gasteiger partial charge in [0.15, 0.2) is 0 Å². The van der Waals surface area contributed by atoms with Gasteiger partial charge in [-0.2, -0.15) is 0 Å². The van der Waals surface area contributed by atoms with Gasteiger partial charge in [0, 0.05) is 32.8 Å². The van der Waals surface area contributed by atoms with Crippen LogP contribution in [0.2, 0.25) is 0 Å². The van der Waals surface area contributed by atoms with Crippen LogP contribution in [0.1, 0.15) is 39.0 Å². The lowest BCUT2D eigenvalue weighted by molar-refractivity contribution is -0.00423. The van der Waals surface area contributed by atoms with E-state index in [2.05, 4.69) is 24.2 Å². The highest BCUT2D eigenvalue weighted by Crippen LogP contribution is 2.34. The maximum atomic E-state index is 5.56. The fourth-order valence-corrected chi connectivity index (χ4v) is 3.26. The lowest BCUT2D eigenvalue weighted by Crippen LogP contribution is -2.47. The van der Waals surface area contributed by atoms with Crippen LogP contribution in [0, 0.1) is 11.3 Å². The summed E-state index contributed by atoms with van der Waals surface area (Å²) in [6.07, 6.45) is 6.64. The predicted molar refractivity (Wildman–Crippen MR) is 75.9 cm³/mol. The molecule has 2 aliphatic rings. The molecule has 1 saturated carbocycles. The molecule has 0 aromatic heterocycles. The van der Waals surface area contributed by atoms with Crippen molar-refractivity contribution in [1.29, 1.82) is 0 Å². The SMILES string of the molecule is CCCN(CC1CC1)CC1(CNC)CCOCC1. The fraction of sp³-hybridized carbons (Fsp3) is 1.00. The molecule has 2 rings (SSSR count). The molecule has 0 bridgehead atoms. The van der Waals surface area contributed by atoms with Crippen LogP contribution >= 0.6 is 0 Å². The van der Waals surface area contributed by atoms with Crippen molar-refractivity contribution in [2.45, 2.75) is 39.0 Å². The Hall–Kier alpha value is -0.120. The Morgan fingerprint density at radius 1 is 1.28 bits per heavy atom. The number of rotatable bonds is 8. The maximum Gasteiger partial charge on any atom is 0.0472 e. The first-order chi connectivity index (χ1) is 8.78. The van der Waals surface area contributed by atoms with Crippen LogP contribution in [0.4, 0.5) is 0 Å². The Morgan fingerprint density at radius 3 is 2.56 bits per heavy atom. The average molecular weight is 254 g/mol. The van der Waals surface area contributed by atoms with Crippen molar-refractivity contribution in [3.8, 4) is 0 Å². The van der Waals surface area contributed by atoms with Crippen molar-refractivity contribution in [3.63, 3.8) is 0 Å². The molecule has 3 nitrogen and oxygen atoms in total. The van der Waals surface area contributed by atoms with Gasteiger partial charge in [-0.15, -0.1) is 0 Å². The molecule has 0 spiro atoms. The molecular weight excluding hydrogens is 224 g/mol. The molecule has 18 heavy (non-hydrogen) atoms. The van der Waals surface area contributed by atoms with Crippen LogP contribution in [0.25, 0.3) is 0 Å². The largest absolute Gasteiger partial charge is 0.381 e. The van der Waals surface area contributed by atoms with Crippen LogP contribution in [-0.2, 0) is 4.74 Å². The van der Waals surface area contributed by atoms with Crippen molar-refractivity contribution in [2.75, 3.05) is 46.4 Å². The molecule has 1 N–H and O–H groups in total. The zero-order valence-electron chi connectivity index (χ0n) is 12.2. The molecule has 1 aliphatic carbocycles. The highest BCUT2D eigenvalue weighted by atomic mass is 16.5. The number of ether oxygens (including phenoxy) is 1. The van der Waals surface area contributed by atoms with Crippen LogP contribution in [0.5, 0.6) is 0 Å². The van der Waals surface area contributed by atoms with Crippen molar-refractivity contribution in [1.82, 2.24) is 10.2 Å². The van der Waals surface area contributed by atoms with Gasteiger partial charge in [0.2, 0.25) is 0 Å². The molecule has 2 fully saturated rings. The molecule has 1 heterocycles. The molecule has 3 heteroatoms. The van der Waals surface area contributed by atoms with Crippen LogP contribution in [0.3, 0.4) is 0 Å². The number of nitrogens with zero attached hydrogens (tertiary/aromatic N) is 1. The summed E-state index contributed by atoms with van der Waals surface area (Å²) >= 11 is 0. The fourth-order valence-electron chi connectivity index (χ4n) is 3.26. The first kappa shape index (κ1) is 14.3. The smallest absolute Gasteiger partial charge is 0.0472 e. The molecule has 0 amide bonds. The second-order valence-electron chi connectivity index (χ2n) is 6.32. The minimum Gasteiger partial charge on any atom is -0.381 e. The van der Waals surface area contributed by atoms with Gasteiger partial charge < -0.3 is 15.0 Å². The quantitative estimate of drug-likeness (QED) is 0.718. The summed E-state index contributed by atoms with van der Waals surface area (Å²) < 4.78 is 5.56. The number of hydrogen-bond donors (Lipinski definition) is 1. The standard InChI is InChI=1S/C15H30N2O/c1-3-8-17(11-14-4-5-14)13-15(12-16-2)6-9-18-10-7-15/h14,16H,3-13H2,1-2H3. The van der Waals surface area contributed by atoms with E-state index in [1.165, 1.54) is 51.7 Å². The van der Waals surface area contributed by atoms with Gasteiger partial charge in [-0.25, -0.2) is 0 Å². The minimum atomic E-state index is 0.455. The van der Waals surface area contributed by atoms with Gasteiger partial charge in [0.05, 0.1) is 0 Å². The van der Waals surface area contributed by atoms with Crippen LogP contribution < -0.4 is 5.32 Å². The normalized spacial score (nSPS) is 23.5. The van der Waals surface area contributed by atoms with E-state index < -0.39 is 0 Å². The van der Waals surface area contributed by atoms with Crippen LogP contribution in [0.15, 0.2) is 0 Å². The van der Waals surface area contributed by atoms with Crippen molar-refractivity contribution < 1.29 is 4.74 Å². The third-order valence-corrected chi connectivity index (χ3v) is 4.42. The Kier molecular flexibility index (Phi) is 5.46. The topological polar surface area (TPSA) is 24.5 Å². The molecule has 0 aromatic carbocycles. The second-order valence-corrected chi connectivity index (χ2v) is 6.32. The Morgan fingerprint density at radius 2 is 2.00 bits per heavy atom. The Bertz CT molecular complexity index is 229. The van der Waals surface area contributed by atoms with Gasteiger partial charge in [0.25, 0.3) is 0 Å². The summed E-state index contributed by atoms with van der Waals surface area (Å²) in [6.45, 7) is 9.20. The second kappa shape index (κ2) is 6.88. The van der Waals surface area contributed by atoms with Gasteiger partial charge in [-0.05, 0) is 57.0 Å². The minimum absolute atomic E-state index is 0.455. The average Bonchev–Trinajstić information content (AvgIpc) is 3.14. The summed E-state index contributed by atoms with van der Waals surface area (Å²) in [5.74, 6) is 1.00. The first-order valence-electron chi connectivity index (χ1n) is 7.73. The third-order valence-electron chi connectivity index (χ3n) is 4.42. The summed E-state index contributed by atoms with van der Waals surface area (Å²) in [4.78, 5) is 2.72. The summed E-state index contributed by atoms with van der Waals surface area (Å²) in [6, 6.07) is 0. The first-order valence-corrected chi connectivity index (χ1v) is 7.73. The van der Waals surface area contributed by atoms with Crippen molar-refractivity contribution in [3.05, 3.63) is 0 Å². The molecular formula is C15H30N2O. The predicted octanol–water partition coefficient (Wildman–Crippen LogP) is 2.12. The number of nitrogens with one attached hydrogen (secondary N) is 1. The molecule has 1 aliphatic heterocycles. The van der Waals surface area contributed by atoms with E-state index in [0.29, 0.717) is 5.41 Å². The van der Waals surface area contributed by atoms with Crippen LogP contribution in [-0.4, -0.2) is 51.3 Å². The molecule has 0 unspecified atom stereocenters. The Balaban J connectivity index is 1.90. The lowest BCUT2D eigenvalue weighted by Gasteiger charge is -2.41. The number of hydrogen-bond acceptors (Lipinski definition) is 3. The zero-order chi connectivity index (χ0) is 12.8. The van der Waals surface area contributed by atoms with Gasteiger partial charge in [-0.3, -0.25) is 0 Å².